The molecule has 0 saturated heterocycles. The lowest BCUT2D eigenvalue weighted by Gasteiger charge is -2.16. The second-order valence-corrected chi connectivity index (χ2v) is 4.35. The van der Waals surface area contributed by atoms with Gasteiger partial charge in [-0.05, 0) is 18.2 Å². The predicted molar refractivity (Wildman–Crippen MR) is 77.1 cm³/mol. The van der Waals surface area contributed by atoms with Crippen LogP contribution in [0.25, 0.3) is 0 Å². The molecule has 0 bridgehead atoms. The van der Waals surface area contributed by atoms with E-state index < -0.39 is 12.0 Å². The average molecular weight is 304 g/mol. The van der Waals surface area contributed by atoms with Crippen LogP contribution in [0.5, 0.6) is 5.75 Å². The number of nitrogens with one attached hydrogen (secondary N) is 1. The zero-order valence-electron chi connectivity index (χ0n) is 12.2. The number of hydrogen-bond donors (Lipinski definition) is 1. The number of benzene rings is 1. The molecule has 0 spiro atoms. The summed E-state index contributed by atoms with van der Waals surface area (Å²) in [5.74, 6) is 0.193. The molecule has 0 fully saturated rings. The van der Waals surface area contributed by atoms with Crippen LogP contribution in [-0.2, 0) is 11.3 Å². The average Bonchev–Trinajstić information content (AvgIpc) is 3.01. The Morgan fingerprint density at radius 2 is 1.95 bits per heavy atom. The first-order chi connectivity index (χ1) is 10.6. The number of methoxy groups -OCH3 is 1. The molecule has 1 heterocycles. The molecular formula is C15H16N2O5. The summed E-state index contributed by atoms with van der Waals surface area (Å²) in [7, 11) is 2.59. The van der Waals surface area contributed by atoms with Crippen molar-refractivity contribution in [2.24, 2.45) is 0 Å². The summed E-state index contributed by atoms with van der Waals surface area (Å²) in [6.07, 6.45) is 0.693. The molecule has 0 saturated carbocycles. The largest absolute Gasteiger partial charge is 0.489 e. The van der Waals surface area contributed by atoms with Crippen LogP contribution < -0.4 is 10.2 Å². The van der Waals surface area contributed by atoms with Crippen LogP contribution in [0.4, 0.5) is 4.79 Å². The Hall–Kier alpha value is -2.96. The van der Waals surface area contributed by atoms with Crippen LogP contribution >= 0.6 is 0 Å². The van der Waals surface area contributed by atoms with Gasteiger partial charge in [0.2, 0.25) is 0 Å². The van der Waals surface area contributed by atoms with E-state index in [9.17, 15) is 9.59 Å². The smallest absolute Gasteiger partial charge is 0.428 e. The minimum Gasteiger partial charge on any atom is -0.489 e. The molecule has 1 aromatic heterocycles. The third-order valence-corrected chi connectivity index (χ3v) is 2.81. The van der Waals surface area contributed by atoms with Gasteiger partial charge in [-0.2, -0.15) is 0 Å². The first-order valence-electron chi connectivity index (χ1n) is 6.48. The number of hydrogen-bond acceptors (Lipinski definition) is 5. The molecule has 7 heteroatoms. The molecule has 0 aliphatic heterocycles. The number of carbonyl (C=O) groups excluding carboxylic acids is 2. The summed E-state index contributed by atoms with van der Waals surface area (Å²) in [5, 5.41) is 0.923. The Morgan fingerprint density at radius 3 is 2.64 bits per heavy atom. The lowest BCUT2D eigenvalue weighted by Crippen LogP contribution is -2.43. The lowest BCUT2D eigenvalue weighted by atomic mass is 10.2. The summed E-state index contributed by atoms with van der Waals surface area (Å²) < 4.78 is 15.2. The monoisotopic (exact) mass is 304 g/mol. The Labute approximate surface area is 127 Å². The summed E-state index contributed by atoms with van der Waals surface area (Å²) in [6.45, 7) is 0.172. The van der Waals surface area contributed by atoms with Crippen LogP contribution in [0.3, 0.4) is 0 Å². The quantitative estimate of drug-likeness (QED) is 0.876. The van der Waals surface area contributed by atoms with E-state index in [1.807, 2.05) is 30.3 Å². The van der Waals surface area contributed by atoms with E-state index >= 15 is 0 Å². The second-order valence-electron chi connectivity index (χ2n) is 4.35. The standard InChI is InChI=1S/C15H16N2O5/c1-17(15(19)20-2)16-14(18)13-11(8-9-21-13)10-22-12-6-4-3-5-7-12/h3-9H,10H2,1-2H3,(H,16,18). The summed E-state index contributed by atoms with van der Waals surface area (Å²) in [4.78, 5) is 23.3. The third-order valence-electron chi connectivity index (χ3n) is 2.81. The molecule has 0 radical (unpaired) electrons. The number of carbonyl (C=O) groups is 2. The van der Waals surface area contributed by atoms with Gasteiger partial charge < -0.3 is 13.9 Å². The Bertz CT molecular complexity index is 638. The van der Waals surface area contributed by atoms with Crippen molar-refractivity contribution >= 4 is 12.0 Å². The van der Waals surface area contributed by atoms with Gasteiger partial charge in [0.1, 0.15) is 12.4 Å². The molecule has 2 amide bonds. The van der Waals surface area contributed by atoms with Crippen LogP contribution in [0.1, 0.15) is 16.1 Å². The number of amides is 2. The highest BCUT2D eigenvalue weighted by molar-refractivity contribution is 5.93. The van der Waals surface area contributed by atoms with E-state index in [1.54, 1.807) is 6.07 Å². The normalized spacial score (nSPS) is 9.91. The van der Waals surface area contributed by atoms with Gasteiger partial charge in [0.05, 0.1) is 13.4 Å². The van der Waals surface area contributed by atoms with Crippen LogP contribution in [0.2, 0.25) is 0 Å². The van der Waals surface area contributed by atoms with E-state index in [0.29, 0.717) is 11.3 Å². The van der Waals surface area contributed by atoms with Crippen LogP contribution in [-0.4, -0.2) is 31.2 Å². The Balaban J connectivity index is 1.99. The Kier molecular flexibility index (Phi) is 5.02. The van der Waals surface area contributed by atoms with E-state index in [0.717, 1.165) is 5.01 Å². The highest BCUT2D eigenvalue weighted by Crippen LogP contribution is 2.15. The van der Waals surface area contributed by atoms with Crippen molar-refractivity contribution in [2.45, 2.75) is 6.61 Å². The van der Waals surface area contributed by atoms with Gasteiger partial charge in [0.15, 0.2) is 5.76 Å². The molecule has 0 atom stereocenters. The molecule has 7 nitrogen and oxygen atoms in total. The first-order valence-corrected chi connectivity index (χ1v) is 6.48. The highest BCUT2D eigenvalue weighted by Gasteiger charge is 2.19. The zero-order chi connectivity index (χ0) is 15.9. The summed E-state index contributed by atoms with van der Waals surface area (Å²) >= 11 is 0. The van der Waals surface area contributed by atoms with Gasteiger partial charge in [-0.15, -0.1) is 0 Å². The van der Waals surface area contributed by atoms with Gasteiger partial charge in [-0.3, -0.25) is 10.2 Å². The highest BCUT2D eigenvalue weighted by atomic mass is 16.5. The van der Waals surface area contributed by atoms with Gasteiger partial charge >= 0.3 is 12.0 Å². The number of furan rings is 1. The number of nitrogens with zero attached hydrogens (tertiary/aromatic N) is 1. The number of ether oxygens (including phenoxy) is 2. The SMILES string of the molecule is COC(=O)N(C)NC(=O)c1occc1COc1ccccc1. The number of para-hydroxylation sites is 1. The number of rotatable bonds is 4. The molecule has 116 valence electrons. The topological polar surface area (TPSA) is 81.0 Å². The zero-order valence-corrected chi connectivity index (χ0v) is 12.2. The molecule has 2 aromatic rings. The Morgan fingerprint density at radius 1 is 1.23 bits per heavy atom. The van der Waals surface area contributed by atoms with E-state index in [-0.39, 0.29) is 12.4 Å². The van der Waals surface area contributed by atoms with E-state index in [4.69, 9.17) is 9.15 Å². The van der Waals surface area contributed by atoms with Gasteiger partial charge in [0, 0.05) is 12.6 Å². The predicted octanol–water partition coefficient (Wildman–Crippen LogP) is 2.20. The van der Waals surface area contributed by atoms with Gasteiger partial charge in [0.25, 0.3) is 0 Å². The number of hydrazine groups is 1. The van der Waals surface area contributed by atoms with Crippen molar-refractivity contribution in [1.29, 1.82) is 0 Å². The second kappa shape index (κ2) is 7.16. The maximum absolute atomic E-state index is 12.1. The molecule has 0 unspecified atom stereocenters. The van der Waals surface area contributed by atoms with Gasteiger partial charge in [-0.1, -0.05) is 18.2 Å². The van der Waals surface area contributed by atoms with E-state index in [1.165, 1.54) is 20.4 Å². The van der Waals surface area contributed by atoms with Crippen molar-refractivity contribution < 1.29 is 23.5 Å². The fraction of sp³-hybridized carbons (Fsp3) is 0.200. The molecule has 22 heavy (non-hydrogen) atoms. The van der Waals surface area contributed by atoms with Crippen molar-refractivity contribution in [3.8, 4) is 5.75 Å². The van der Waals surface area contributed by atoms with E-state index in [2.05, 4.69) is 10.2 Å². The molecular weight excluding hydrogens is 288 g/mol. The third kappa shape index (κ3) is 3.78. The maximum Gasteiger partial charge on any atom is 0.428 e. The molecule has 0 aliphatic carbocycles. The lowest BCUT2D eigenvalue weighted by molar-refractivity contribution is 0.0738. The van der Waals surface area contributed by atoms with Crippen LogP contribution in [0.15, 0.2) is 47.1 Å². The first kappa shape index (κ1) is 15.4. The van der Waals surface area contributed by atoms with Gasteiger partial charge in [-0.25, -0.2) is 9.80 Å². The van der Waals surface area contributed by atoms with Crippen molar-refractivity contribution in [1.82, 2.24) is 10.4 Å². The minimum absolute atomic E-state index is 0.0756. The van der Waals surface area contributed by atoms with Crippen LogP contribution in [0, 0.1) is 0 Å². The summed E-state index contributed by atoms with van der Waals surface area (Å²) in [5.41, 5.74) is 2.91. The summed E-state index contributed by atoms with van der Waals surface area (Å²) in [6, 6.07) is 10.8. The maximum atomic E-state index is 12.1. The fourth-order valence-corrected chi connectivity index (χ4v) is 1.71. The van der Waals surface area contributed by atoms with Crippen molar-refractivity contribution in [2.75, 3.05) is 14.2 Å². The van der Waals surface area contributed by atoms with Crippen molar-refractivity contribution in [3.05, 3.63) is 54.0 Å². The van der Waals surface area contributed by atoms with Crippen molar-refractivity contribution in [3.63, 3.8) is 0 Å². The molecule has 1 aromatic carbocycles. The molecule has 2 rings (SSSR count). The molecule has 1 N–H and O–H groups in total. The minimum atomic E-state index is -0.693. The fourth-order valence-electron chi connectivity index (χ4n) is 1.71. The molecule has 0 aliphatic rings.